The van der Waals surface area contributed by atoms with Gasteiger partial charge in [-0.25, -0.2) is 28.4 Å². The highest BCUT2D eigenvalue weighted by molar-refractivity contribution is 7.22. The Morgan fingerprint density at radius 3 is 2.26 bits per heavy atom. The highest BCUT2D eigenvalue weighted by atomic mass is 32.1. The third kappa shape index (κ3) is 6.26. The van der Waals surface area contributed by atoms with Gasteiger partial charge in [-0.05, 0) is 61.6 Å². The van der Waals surface area contributed by atoms with E-state index >= 15 is 0 Å². The van der Waals surface area contributed by atoms with Gasteiger partial charge in [-0.2, -0.15) is 0 Å². The molecule has 0 saturated heterocycles. The van der Waals surface area contributed by atoms with Crippen LogP contribution in [0.2, 0.25) is 0 Å². The summed E-state index contributed by atoms with van der Waals surface area (Å²) in [6.07, 6.45) is 0. The van der Waals surface area contributed by atoms with Crippen LogP contribution in [0, 0.1) is 11.6 Å². The zero-order chi connectivity index (χ0) is 33.1. The number of hydroxylamine groups is 1. The number of amides is 3. The summed E-state index contributed by atoms with van der Waals surface area (Å²) in [6, 6.07) is 12.2. The van der Waals surface area contributed by atoms with E-state index in [-0.39, 0.29) is 33.8 Å². The molecule has 46 heavy (non-hydrogen) atoms. The van der Waals surface area contributed by atoms with Gasteiger partial charge in [0, 0.05) is 29.7 Å². The lowest BCUT2D eigenvalue weighted by Gasteiger charge is -2.14. The van der Waals surface area contributed by atoms with Gasteiger partial charge in [0.25, 0.3) is 11.5 Å². The number of nitrogens with zero attached hydrogens (tertiary/aromatic N) is 5. The predicted molar refractivity (Wildman–Crippen MR) is 168 cm³/mol. The first-order valence-corrected chi connectivity index (χ1v) is 14.5. The van der Waals surface area contributed by atoms with E-state index in [9.17, 15) is 28.0 Å². The number of hydrogen-bond donors (Lipinski definition) is 3. The van der Waals surface area contributed by atoms with Gasteiger partial charge in [0.2, 0.25) is 0 Å². The summed E-state index contributed by atoms with van der Waals surface area (Å²) in [6.45, 7) is -0.273. The third-order valence-corrected chi connectivity index (χ3v) is 8.17. The number of anilines is 1. The number of benzene rings is 2. The number of urea groups is 1. The smallest absolute Gasteiger partial charge is 0.343 e. The molecule has 16 heteroatoms. The second-order valence-electron chi connectivity index (χ2n) is 10.2. The number of carbonyl (C=O) groups is 2. The summed E-state index contributed by atoms with van der Waals surface area (Å²) < 4.78 is 31.7. The summed E-state index contributed by atoms with van der Waals surface area (Å²) in [5.74, 6) is -2.43. The van der Waals surface area contributed by atoms with Crippen molar-refractivity contribution in [1.82, 2.24) is 35.0 Å². The molecule has 5 aromatic rings. The second kappa shape index (κ2) is 13.4. The minimum absolute atomic E-state index is 0.0436. The highest BCUT2D eigenvalue weighted by Crippen LogP contribution is 2.38. The molecule has 13 nitrogen and oxygen atoms in total. The monoisotopic (exact) mass is 650 g/mol. The molecule has 0 radical (unpaired) electrons. The van der Waals surface area contributed by atoms with Crippen LogP contribution in [0.3, 0.4) is 0 Å². The lowest BCUT2D eigenvalue weighted by molar-refractivity contribution is 0.0957. The average molecular weight is 651 g/mol. The molecule has 0 atom stereocenters. The quantitative estimate of drug-likeness (QED) is 0.206. The Morgan fingerprint density at radius 1 is 0.978 bits per heavy atom. The standard InChI is InChI=1S/C30H28F2N8O5S/c1-33-26(41)22-12-13-23(36-35-22)40-27(42)24-19(14-38(2)3)25(16-8-10-17(11-9-16)34-29(43)37-45-4)46-28(24)39(30(40)44)15-18-20(31)6-5-7-21(18)32/h5-13H,14-15H2,1-4H3,(H,33,41)(H2,34,37,43). The van der Waals surface area contributed by atoms with Crippen molar-refractivity contribution >= 4 is 39.2 Å². The van der Waals surface area contributed by atoms with Gasteiger partial charge in [-0.3, -0.25) is 19.0 Å². The lowest BCUT2D eigenvalue weighted by atomic mass is 10.1. The van der Waals surface area contributed by atoms with Gasteiger partial charge in [0.1, 0.15) is 16.5 Å². The Labute approximate surface area is 264 Å². The van der Waals surface area contributed by atoms with Crippen molar-refractivity contribution in [3.05, 3.63) is 104 Å². The first kappa shape index (κ1) is 32.1. The van der Waals surface area contributed by atoms with Gasteiger partial charge < -0.3 is 15.5 Å². The molecule has 238 valence electrons. The van der Waals surface area contributed by atoms with E-state index in [1.54, 1.807) is 38.4 Å². The number of thiophene rings is 1. The van der Waals surface area contributed by atoms with Crippen molar-refractivity contribution in [3.8, 4) is 16.3 Å². The van der Waals surface area contributed by atoms with Crippen LogP contribution in [-0.4, -0.2) is 64.4 Å². The van der Waals surface area contributed by atoms with Crippen molar-refractivity contribution in [1.29, 1.82) is 0 Å². The first-order valence-electron chi connectivity index (χ1n) is 13.7. The molecule has 5 rings (SSSR count). The van der Waals surface area contributed by atoms with E-state index in [2.05, 4.69) is 31.1 Å². The SMILES string of the molecule is CNC(=O)c1ccc(-n2c(=O)c3c(CN(C)C)c(-c4ccc(NC(=O)NOC)cc4)sc3n(Cc3c(F)cccc3F)c2=O)nn1. The molecule has 0 aliphatic heterocycles. The van der Waals surface area contributed by atoms with Gasteiger partial charge in [-0.15, -0.1) is 21.5 Å². The van der Waals surface area contributed by atoms with Crippen molar-refractivity contribution in [2.75, 3.05) is 33.6 Å². The molecule has 3 heterocycles. The van der Waals surface area contributed by atoms with Crippen LogP contribution in [0.15, 0.2) is 64.2 Å². The normalized spacial score (nSPS) is 11.2. The van der Waals surface area contributed by atoms with Crippen molar-refractivity contribution in [3.63, 3.8) is 0 Å². The molecule has 0 bridgehead atoms. The zero-order valence-corrected chi connectivity index (χ0v) is 25.9. The maximum Gasteiger partial charge on any atom is 0.343 e. The first-order chi connectivity index (χ1) is 22.0. The van der Waals surface area contributed by atoms with E-state index in [0.29, 0.717) is 21.7 Å². The average Bonchev–Trinajstić information content (AvgIpc) is 3.39. The Morgan fingerprint density at radius 2 is 1.67 bits per heavy atom. The molecular formula is C30H28F2N8O5S. The Hall–Kier alpha value is -5.32. The fourth-order valence-electron chi connectivity index (χ4n) is 4.80. The number of nitrogens with one attached hydrogen (secondary N) is 3. The molecule has 2 aromatic carbocycles. The second-order valence-corrected chi connectivity index (χ2v) is 11.2. The summed E-state index contributed by atoms with van der Waals surface area (Å²) in [4.78, 5) is 59.4. The Balaban J connectivity index is 1.78. The molecule has 0 spiro atoms. The third-order valence-electron chi connectivity index (χ3n) is 6.86. The largest absolute Gasteiger partial charge is 0.354 e. The van der Waals surface area contributed by atoms with Crippen LogP contribution in [0.1, 0.15) is 21.6 Å². The van der Waals surface area contributed by atoms with E-state index in [1.165, 1.54) is 32.4 Å². The molecule has 3 amide bonds. The Bertz CT molecular complexity index is 2040. The van der Waals surface area contributed by atoms with E-state index in [0.717, 1.165) is 32.6 Å². The topological polar surface area (TPSA) is 152 Å². The van der Waals surface area contributed by atoms with Gasteiger partial charge in [0.15, 0.2) is 11.5 Å². The maximum absolute atomic E-state index is 14.9. The van der Waals surface area contributed by atoms with Crippen LogP contribution < -0.4 is 27.4 Å². The number of fused-ring (bicyclic) bond motifs is 1. The lowest BCUT2D eigenvalue weighted by Crippen LogP contribution is -2.40. The van der Waals surface area contributed by atoms with E-state index in [4.69, 9.17) is 0 Å². The molecule has 3 N–H and O–H groups in total. The molecule has 0 saturated carbocycles. The molecule has 0 unspecified atom stereocenters. The predicted octanol–water partition coefficient (Wildman–Crippen LogP) is 3.10. The van der Waals surface area contributed by atoms with Crippen molar-refractivity contribution < 1.29 is 23.2 Å². The molecule has 0 aliphatic rings. The van der Waals surface area contributed by atoms with Gasteiger partial charge in [0.05, 0.1) is 19.0 Å². The number of hydrogen-bond acceptors (Lipinski definition) is 9. The van der Waals surface area contributed by atoms with E-state index < -0.39 is 41.4 Å². The summed E-state index contributed by atoms with van der Waals surface area (Å²) in [5.41, 5.74) is 1.79. The van der Waals surface area contributed by atoms with Crippen LogP contribution >= 0.6 is 11.3 Å². The minimum atomic E-state index is -0.907. The van der Waals surface area contributed by atoms with Crippen molar-refractivity contribution in [2.45, 2.75) is 13.1 Å². The summed E-state index contributed by atoms with van der Waals surface area (Å²) in [7, 11) is 6.33. The minimum Gasteiger partial charge on any atom is -0.354 e. The molecule has 0 fully saturated rings. The van der Waals surface area contributed by atoms with Crippen LogP contribution in [0.4, 0.5) is 19.3 Å². The Kier molecular flexibility index (Phi) is 9.31. The van der Waals surface area contributed by atoms with E-state index in [1.807, 2.05) is 4.90 Å². The fourth-order valence-corrected chi connectivity index (χ4v) is 6.10. The molecule has 0 aliphatic carbocycles. The van der Waals surface area contributed by atoms with Crippen LogP contribution in [-0.2, 0) is 17.9 Å². The van der Waals surface area contributed by atoms with Crippen LogP contribution in [0.5, 0.6) is 0 Å². The number of carbonyl (C=O) groups excluding carboxylic acids is 2. The van der Waals surface area contributed by atoms with Gasteiger partial charge in [-0.1, -0.05) is 18.2 Å². The van der Waals surface area contributed by atoms with Crippen LogP contribution in [0.25, 0.3) is 26.5 Å². The molecular weight excluding hydrogens is 622 g/mol. The number of aromatic nitrogens is 4. The fraction of sp³-hybridized carbons (Fsp3) is 0.200. The highest BCUT2D eigenvalue weighted by Gasteiger charge is 2.26. The summed E-state index contributed by atoms with van der Waals surface area (Å²) >= 11 is 1.12. The zero-order valence-electron chi connectivity index (χ0n) is 25.1. The maximum atomic E-state index is 14.9. The molecule has 3 aromatic heterocycles. The number of rotatable bonds is 9. The van der Waals surface area contributed by atoms with Gasteiger partial charge >= 0.3 is 11.7 Å². The van der Waals surface area contributed by atoms with Crippen molar-refractivity contribution in [2.24, 2.45) is 0 Å². The summed E-state index contributed by atoms with van der Waals surface area (Å²) in [5, 5.41) is 13.0. The number of halogens is 2.